The Kier molecular flexibility index (Phi) is 4.34. The van der Waals surface area contributed by atoms with Crippen molar-refractivity contribution in [3.8, 4) is 0 Å². The largest absolute Gasteiger partial charge is 0.313 e. The van der Waals surface area contributed by atoms with Gasteiger partial charge in [-0.1, -0.05) is 13.8 Å². The van der Waals surface area contributed by atoms with Crippen LogP contribution in [0.4, 0.5) is 0 Å². The Labute approximate surface area is 86.5 Å². The maximum atomic E-state index is 11.5. The van der Waals surface area contributed by atoms with Crippen LogP contribution in [0.1, 0.15) is 26.7 Å². The van der Waals surface area contributed by atoms with Crippen LogP contribution in [-0.4, -0.2) is 33.3 Å². The van der Waals surface area contributed by atoms with E-state index in [4.69, 9.17) is 0 Å². The van der Waals surface area contributed by atoms with Crippen molar-refractivity contribution in [3.63, 3.8) is 0 Å². The molecule has 5 heteroatoms. The van der Waals surface area contributed by atoms with Crippen molar-refractivity contribution in [1.82, 2.24) is 10.0 Å². The molecule has 1 aliphatic rings. The van der Waals surface area contributed by atoms with Crippen molar-refractivity contribution >= 4 is 10.0 Å². The predicted octanol–water partition coefficient (Wildman–Crippen LogP) is 0.314. The van der Waals surface area contributed by atoms with Gasteiger partial charge in [0.15, 0.2) is 0 Å². The van der Waals surface area contributed by atoms with E-state index < -0.39 is 10.0 Å². The van der Waals surface area contributed by atoms with Crippen molar-refractivity contribution in [3.05, 3.63) is 0 Å². The molecule has 0 aromatic rings. The molecule has 0 amide bonds. The van der Waals surface area contributed by atoms with Crippen molar-refractivity contribution in [2.24, 2.45) is 5.92 Å². The average molecular weight is 220 g/mol. The van der Waals surface area contributed by atoms with Gasteiger partial charge in [0.25, 0.3) is 0 Å². The molecule has 2 N–H and O–H groups in total. The first kappa shape index (κ1) is 11.9. The van der Waals surface area contributed by atoms with E-state index in [1.54, 1.807) is 0 Å². The molecule has 0 bridgehead atoms. The Morgan fingerprint density at radius 2 is 2.21 bits per heavy atom. The van der Waals surface area contributed by atoms with Crippen LogP contribution < -0.4 is 10.0 Å². The van der Waals surface area contributed by atoms with Crippen LogP contribution in [0.3, 0.4) is 0 Å². The first-order chi connectivity index (χ1) is 6.49. The minimum Gasteiger partial charge on any atom is -0.313 e. The Morgan fingerprint density at radius 1 is 1.50 bits per heavy atom. The van der Waals surface area contributed by atoms with Crippen LogP contribution in [0.25, 0.3) is 0 Å². The first-order valence-electron chi connectivity index (χ1n) is 5.20. The minimum atomic E-state index is -3.06. The van der Waals surface area contributed by atoms with Gasteiger partial charge in [-0.25, -0.2) is 13.1 Å². The molecule has 0 spiro atoms. The second-order valence-corrected chi connectivity index (χ2v) is 6.17. The highest BCUT2D eigenvalue weighted by Crippen LogP contribution is 2.04. The molecule has 1 atom stereocenters. The van der Waals surface area contributed by atoms with E-state index in [9.17, 15) is 8.42 Å². The van der Waals surface area contributed by atoms with Crippen LogP contribution in [0.15, 0.2) is 0 Å². The van der Waals surface area contributed by atoms with Gasteiger partial charge in [-0.2, -0.15) is 0 Å². The highest BCUT2D eigenvalue weighted by Gasteiger charge is 2.18. The van der Waals surface area contributed by atoms with E-state index in [0.29, 0.717) is 12.6 Å². The molecule has 1 unspecified atom stereocenters. The maximum Gasteiger partial charge on any atom is 0.211 e. The highest BCUT2D eigenvalue weighted by atomic mass is 32.2. The summed E-state index contributed by atoms with van der Waals surface area (Å²) in [7, 11) is -3.06. The van der Waals surface area contributed by atoms with Gasteiger partial charge in [-0.3, -0.25) is 0 Å². The third-order valence-corrected chi connectivity index (χ3v) is 3.98. The molecule has 0 saturated carbocycles. The topological polar surface area (TPSA) is 58.2 Å². The number of hydrogen-bond donors (Lipinski definition) is 2. The highest BCUT2D eigenvalue weighted by molar-refractivity contribution is 7.89. The van der Waals surface area contributed by atoms with E-state index >= 15 is 0 Å². The van der Waals surface area contributed by atoms with Gasteiger partial charge in [0.2, 0.25) is 10.0 Å². The second kappa shape index (κ2) is 5.09. The maximum absolute atomic E-state index is 11.5. The van der Waals surface area contributed by atoms with Gasteiger partial charge in [-0.15, -0.1) is 0 Å². The fraction of sp³-hybridized carbons (Fsp3) is 1.00. The number of sulfonamides is 1. The van der Waals surface area contributed by atoms with E-state index in [2.05, 4.69) is 10.0 Å². The lowest BCUT2D eigenvalue weighted by molar-refractivity contribution is 0.543. The summed E-state index contributed by atoms with van der Waals surface area (Å²) in [6.07, 6.45) is 2.22. The van der Waals surface area contributed by atoms with Gasteiger partial charge < -0.3 is 5.32 Å². The first-order valence-corrected chi connectivity index (χ1v) is 6.85. The zero-order valence-electron chi connectivity index (χ0n) is 8.91. The quantitative estimate of drug-likeness (QED) is 0.701. The van der Waals surface area contributed by atoms with Gasteiger partial charge in [-0.05, 0) is 25.3 Å². The van der Waals surface area contributed by atoms with Gasteiger partial charge in [0.1, 0.15) is 0 Å². The second-order valence-electron chi connectivity index (χ2n) is 4.32. The van der Waals surface area contributed by atoms with Crippen molar-refractivity contribution in [2.45, 2.75) is 32.7 Å². The minimum absolute atomic E-state index is 0.184. The van der Waals surface area contributed by atoms with Gasteiger partial charge >= 0.3 is 0 Å². The molecule has 84 valence electrons. The van der Waals surface area contributed by atoms with E-state index in [0.717, 1.165) is 19.4 Å². The summed E-state index contributed by atoms with van der Waals surface area (Å²) in [5, 5.41) is 3.26. The molecular formula is C9H20N2O2S. The summed E-state index contributed by atoms with van der Waals surface area (Å²) in [5.41, 5.74) is 0. The summed E-state index contributed by atoms with van der Waals surface area (Å²) in [5.74, 6) is 0.406. The average Bonchev–Trinajstić information content (AvgIpc) is 2.50. The lowest BCUT2D eigenvalue weighted by Gasteiger charge is -2.12. The van der Waals surface area contributed by atoms with Crippen LogP contribution in [0.2, 0.25) is 0 Å². The normalized spacial score (nSPS) is 23.2. The van der Waals surface area contributed by atoms with Crippen molar-refractivity contribution in [1.29, 1.82) is 0 Å². The number of nitrogens with one attached hydrogen (secondary N) is 2. The molecule has 1 saturated heterocycles. The lowest BCUT2D eigenvalue weighted by atomic mass is 10.2. The lowest BCUT2D eigenvalue weighted by Crippen LogP contribution is -2.38. The van der Waals surface area contributed by atoms with Crippen LogP contribution in [0.5, 0.6) is 0 Å². The number of rotatable bonds is 5. The SMILES string of the molecule is CC(C)CS(=O)(=O)NCC1CCCN1. The fourth-order valence-corrected chi connectivity index (χ4v) is 3.11. The smallest absolute Gasteiger partial charge is 0.211 e. The standard InChI is InChI=1S/C9H20N2O2S/c1-8(2)7-14(12,13)11-6-9-4-3-5-10-9/h8-11H,3-7H2,1-2H3. The monoisotopic (exact) mass is 220 g/mol. The summed E-state index contributed by atoms with van der Waals surface area (Å²) in [6.45, 7) is 5.37. The Morgan fingerprint density at radius 3 is 2.71 bits per heavy atom. The number of hydrogen-bond acceptors (Lipinski definition) is 3. The summed E-state index contributed by atoms with van der Waals surface area (Å²) in [4.78, 5) is 0. The Balaban J connectivity index is 2.28. The molecule has 1 fully saturated rings. The van der Waals surface area contributed by atoms with Crippen molar-refractivity contribution in [2.75, 3.05) is 18.8 Å². The Bertz CT molecular complexity index is 256. The Hall–Kier alpha value is -0.130. The van der Waals surface area contributed by atoms with Crippen LogP contribution >= 0.6 is 0 Å². The third kappa shape index (κ3) is 4.39. The molecule has 0 aliphatic carbocycles. The summed E-state index contributed by atoms with van der Waals surface area (Å²) < 4.78 is 25.6. The molecule has 0 aromatic heterocycles. The fourth-order valence-electron chi connectivity index (χ4n) is 1.66. The zero-order valence-corrected chi connectivity index (χ0v) is 9.73. The van der Waals surface area contributed by atoms with Crippen molar-refractivity contribution < 1.29 is 8.42 Å². The summed E-state index contributed by atoms with van der Waals surface area (Å²) in [6, 6.07) is 0.330. The molecule has 0 radical (unpaired) electrons. The molecule has 4 nitrogen and oxygen atoms in total. The van der Waals surface area contributed by atoms with Crippen LogP contribution in [0, 0.1) is 5.92 Å². The molecule has 1 aliphatic heterocycles. The molecular weight excluding hydrogens is 200 g/mol. The molecule has 0 aromatic carbocycles. The van der Waals surface area contributed by atoms with Gasteiger partial charge in [0.05, 0.1) is 5.75 Å². The molecule has 14 heavy (non-hydrogen) atoms. The van der Waals surface area contributed by atoms with Gasteiger partial charge in [0, 0.05) is 12.6 Å². The molecule has 1 heterocycles. The van der Waals surface area contributed by atoms with E-state index in [1.165, 1.54) is 0 Å². The van der Waals surface area contributed by atoms with E-state index in [-0.39, 0.29) is 11.7 Å². The predicted molar refractivity (Wildman–Crippen MR) is 57.7 cm³/mol. The third-order valence-electron chi connectivity index (χ3n) is 2.26. The zero-order chi connectivity index (χ0) is 10.6. The van der Waals surface area contributed by atoms with Crippen LogP contribution in [-0.2, 0) is 10.0 Å². The van der Waals surface area contributed by atoms with E-state index in [1.807, 2.05) is 13.8 Å². The summed E-state index contributed by atoms with van der Waals surface area (Å²) >= 11 is 0. The molecule has 1 rings (SSSR count).